The van der Waals surface area contributed by atoms with Crippen molar-refractivity contribution in [2.75, 3.05) is 6.61 Å². The number of alkyl halides is 6. The number of benzene rings is 1. The van der Waals surface area contributed by atoms with Gasteiger partial charge in [-0.15, -0.1) is 0 Å². The Morgan fingerprint density at radius 1 is 0.966 bits per heavy atom. The van der Waals surface area contributed by atoms with Gasteiger partial charge in [0.1, 0.15) is 11.1 Å². The first-order chi connectivity index (χ1) is 13.5. The molecule has 0 atom stereocenters. The van der Waals surface area contributed by atoms with E-state index in [0.29, 0.717) is 0 Å². The molecule has 0 spiro atoms. The molecule has 6 nitrogen and oxygen atoms in total. The van der Waals surface area contributed by atoms with Crippen LogP contribution in [-0.4, -0.2) is 32.7 Å². The first-order valence-electron chi connectivity index (χ1n) is 7.76. The van der Waals surface area contributed by atoms with Gasteiger partial charge in [-0.25, -0.2) is 15.0 Å². The van der Waals surface area contributed by atoms with Gasteiger partial charge in [0, 0.05) is 0 Å². The lowest BCUT2D eigenvalue weighted by Gasteiger charge is -2.14. The largest absolute Gasteiger partial charge is 0.477 e. The van der Waals surface area contributed by atoms with Gasteiger partial charge in [-0.2, -0.15) is 31.3 Å². The van der Waals surface area contributed by atoms with Gasteiger partial charge in [-0.3, -0.25) is 0 Å². The highest BCUT2D eigenvalue weighted by Gasteiger charge is 2.36. The predicted octanol–water partition coefficient (Wildman–Crippen LogP) is 5.22. The summed E-state index contributed by atoms with van der Waals surface area (Å²) in [6.45, 7) is -0.946. The monoisotopic (exact) mass is 438 g/mol. The van der Waals surface area contributed by atoms with Crippen molar-refractivity contribution in [2.24, 2.45) is 0 Å². The second-order valence-corrected chi connectivity index (χ2v) is 5.94. The molecule has 0 bridgehead atoms. The molecule has 0 saturated carbocycles. The molecule has 2 aromatic heterocycles. The van der Waals surface area contributed by atoms with E-state index in [9.17, 15) is 26.3 Å². The maximum Gasteiger partial charge on any atom is 0.451 e. The second kappa shape index (κ2) is 7.85. The van der Waals surface area contributed by atoms with Crippen molar-refractivity contribution in [2.45, 2.75) is 18.8 Å². The summed E-state index contributed by atoms with van der Waals surface area (Å²) in [5.74, 6) is -2.39. The number of hydrogen-bond donors (Lipinski definition) is 0. The molecule has 1 aromatic carbocycles. The molecule has 0 saturated heterocycles. The zero-order valence-corrected chi connectivity index (χ0v) is 14.8. The molecule has 0 aliphatic rings. The average molecular weight is 439 g/mol. The number of ether oxygens (including phenoxy) is 2. The van der Waals surface area contributed by atoms with Crippen molar-refractivity contribution in [1.82, 2.24) is 19.9 Å². The van der Waals surface area contributed by atoms with E-state index < -0.39 is 37.1 Å². The van der Waals surface area contributed by atoms with E-state index in [-0.39, 0.29) is 27.7 Å². The number of aromatic nitrogens is 4. The van der Waals surface area contributed by atoms with Gasteiger partial charge in [0.15, 0.2) is 0 Å². The molecular formula is C16H9ClF6N4O2. The Hall–Kier alpha value is -2.89. The Balaban J connectivity index is 2.06. The van der Waals surface area contributed by atoms with Crippen molar-refractivity contribution in [1.29, 1.82) is 0 Å². The van der Waals surface area contributed by atoms with Crippen molar-refractivity contribution in [3.8, 4) is 17.6 Å². The maximum atomic E-state index is 13.1. The quantitative estimate of drug-likeness (QED) is 0.509. The smallest absolute Gasteiger partial charge is 0.451 e. The van der Waals surface area contributed by atoms with Crippen molar-refractivity contribution >= 4 is 22.5 Å². The van der Waals surface area contributed by atoms with Gasteiger partial charge in [0.25, 0.3) is 0 Å². The van der Waals surface area contributed by atoms with E-state index in [1.807, 2.05) is 0 Å². The summed E-state index contributed by atoms with van der Waals surface area (Å²) in [4.78, 5) is 14.2. The lowest BCUT2D eigenvalue weighted by Crippen LogP contribution is -2.16. The van der Waals surface area contributed by atoms with Gasteiger partial charge >= 0.3 is 18.4 Å². The third-order valence-electron chi connectivity index (χ3n) is 3.33. The molecule has 0 fully saturated rings. The van der Waals surface area contributed by atoms with E-state index in [1.165, 1.54) is 30.6 Å². The Labute approximate surface area is 163 Å². The summed E-state index contributed by atoms with van der Waals surface area (Å²) in [5, 5.41) is 0.0471. The third-order valence-corrected chi connectivity index (χ3v) is 3.52. The van der Waals surface area contributed by atoms with Gasteiger partial charge in [0.2, 0.25) is 11.7 Å². The minimum atomic E-state index is -4.94. The fourth-order valence-electron chi connectivity index (χ4n) is 2.15. The highest BCUT2D eigenvalue weighted by molar-refractivity contribution is 6.30. The summed E-state index contributed by atoms with van der Waals surface area (Å²) >= 11 is 5.67. The molecule has 2 heterocycles. The van der Waals surface area contributed by atoms with Gasteiger partial charge in [-0.05, 0) is 12.1 Å². The lowest BCUT2D eigenvalue weighted by molar-refractivity contribution is -0.146. The molecule has 3 aromatic rings. The number of nitrogens with zero attached hydrogens (tertiary/aromatic N) is 4. The van der Waals surface area contributed by atoms with Crippen LogP contribution < -0.4 is 9.47 Å². The van der Waals surface area contributed by atoms with E-state index >= 15 is 0 Å². The zero-order chi connectivity index (χ0) is 21.2. The molecule has 0 amide bonds. The SMILES string of the molecule is FC(F)(F)CCOc1nc(C(F)(F)F)nc2cccc(Oc3ncc(Cl)cn3)c12. The molecule has 154 valence electrons. The zero-order valence-electron chi connectivity index (χ0n) is 14.1. The Kier molecular flexibility index (Phi) is 5.64. The molecule has 0 radical (unpaired) electrons. The molecule has 29 heavy (non-hydrogen) atoms. The first-order valence-corrected chi connectivity index (χ1v) is 8.13. The Morgan fingerprint density at radius 3 is 2.28 bits per heavy atom. The number of halogens is 7. The van der Waals surface area contributed by atoms with Crippen LogP contribution >= 0.6 is 11.6 Å². The summed E-state index contributed by atoms with van der Waals surface area (Å²) in [6, 6.07) is 3.66. The number of fused-ring (bicyclic) bond motifs is 1. The van der Waals surface area contributed by atoms with Crippen LogP contribution in [-0.2, 0) is 6.18 Å². The average Bonchev–Trinajstić information content (AvgIpc) is 2.61. The third kappa shape index (κ3) is 5.34. The van der Waals surface area contributed by atoms with E-state index in [2.05, 4.69) is 19.9 Å². The van der Waals surface area contributed by atoms with E-state index in [4.69, 9.17) is 21.1 Å². The predicted molar refractivity (Wildman–Crippen MR) is 87.8 cm³/mol. The van der Waals surface area contributed by atoms with Crippen LogP contribution in [0.4, 0.5) is 26.3 Å². The number of hydrogen-bond acceptors (Lipinski definition) is 6. The van der Waals surface area contributed by atoms with Gasteiger partial charge < -0.3 is 9.47 Å². The van der Waals surface area contributed by atoms with Crippen LogP contribution in [0.2, 0.25) is 5.02 Å². The van der Waals surface area contributed by atoms with Crippen molar-refractivity contribution < 1.29 is 35.8 Å². The highest BCUT2D eigenvalue weighted by atomic mass is 35.5. The molecule has 0 N–H and O–H groups in total. The van der Waals surface area contributed by atoms with E-state index in [0.717, 1.165) is 0 Å². The van der Waals surface area contributed by atoms with Gasteiger partial charge in [0.05, 0.1) is 36.0 Å². The summed E-state index contributed by atoms with van der Waals surface area (Å²) in [7, 11) is 0. The molecule has 0 aliphatic carbocycles. The van der Waals surface area contributed by atoms with Crippen LogP contribution in [0, 0.1) is 0 Å². The van der Waals surface area contributed by atoms with Crippen molar-refractivity contribution in [3.63, 3.8) is 0 Å². The normalized spacial score (nSPS) is 12.2. The first kappa shape index (κ1) is 20.8. The maximum absolute atomic E-state index is 13.1. The molecule has 3 rings (SSSR count). The van der Waals surface area contributed by atoms with Crippen LogP contribution in [0.3, 0.4) is 0 Å². The fraction of sp³-hybridized carbons (Fsp3) is 0.250. The lowest BCUT2D eigenvalue weighted by atomic mass is 10.2. The molecule has 0 unspecified atom stereocenters. The van der Waals surface area contributed by atoms with Crippen LogP contribution in [0.15, 0.2) is 30.6 Å². The minimum Gasteiger partial charge on any atom is -0.477 e. The molecule has 0 aliphatic heterocycles. The molecule has 13 heteroatoms. The topological polar surface area (TPSA) is 70.0 Å². The Morgan fingerprint density at radius 2 is 1.66 bits per heavy atom. The molecular weight excluding hydrogens is 430 g/mol. The van der Waals surface area contributed by atoms with Gasteiger partial charge in [-0.1, -0.05) is 17.7 Å². The van der Waals surface area contributed by atoms with Crippen LogP contribution in [0.5, 0.6) is 17.6 Å². The summed E-state index contributed by atoms with van der Waals surface area (Å²) in [5.41, 5.74) is -0.249. The number of rotatable bonds is 5. The van der Waals surface area contributed by atoms with Crippen LogP contribution in [0.25, 0.3) is 10.9 Å². The standard InChI is InChI=1S/C16H9ClF6N4O2/c17-8-6-24-14(25-7-8)29-10-3-1-2-9-11(10)12(28-5-4-15(18,19)20)27-13(26-9)16(21,22)23/h1-3,6-7H,4-5H2. The fourth-order valence-corrected chi connectivity index (χ4v) is 2.25. The minimum absolute atomic E-state index is 0.111. The summed E-state index contributed by atoms with van der Waals surface area (Å²) < 4.78 is 86.7. The highest BCUT2D eigenvalue weighted by Crippen LogP contribution is 2.37. The summed E-state index contributed by atoms with van der Waals surface area (Å²) in [6.07, 6.45) is -8.45. The van der Waals surface area contributed by atoms with Crippen molar-refractivity contribution in [3.05, 3.63) is 41.4 Å². The Bertz CT molecular complexity index is 1010. The van der Waals surface area contributed by atoms with Crippen LogP contribution in [0.1, 0.15) is 12.2 Å². The van der Waals surface area contributed by atoms with E-state index in [1.54, 1.807) is 0 Å². The second-order valence-electron chi connectivity index (χ2n) is 5.50.